The van der Waals surface area contributed by atoms with E-state index in [2.05, 4.69) is 6.92 Å². The molecule has 2 N–H and O–H groups in total. The van der Waals surface area contributed by atoms with Crippen molar-refractivity contribution in [2.45, 2.75) is 31.1 Å². The summed E-state index contributed by atoms with van der Waals surface area (Å²) in [5.41, 5.74) is 5.65. The molecule has 0 spiro atoms. The van der Waals surface area contributed by atoms with Gasteiger partial charge in [-0.2, -0.15) is 4.31 Å². The van der Waals surface area contributed by atoms with Crippen molar-refractivity contribution in [3.05, 3.63) is 17.9 Å². The summed E-state index contributed by atoms with van der Waals surface area (Å²) in [5, 5.41) is 0. The summed E-state index contributed by atoms with van der Waals surface area (Å²) in [4.78, 5) is -0.118. The van der Waals surface area contributed by atoms with Gasteiger partial charge in [-0.3, -0.25) is 0 Å². The van der Waals surface area contributed by atoms with Gasteiger partial charge in [0, 0.05) is 13.1 Å². The summed E-state index contributed by atoms with van der Waals surface area (Å²) in [6.07, 6.45) is 2.63. The number of benzene rings is 1. The minimum absolute atomic E-state index is 0.0146. The lowest BCUT2D eigenvalue weighted by Gasteiger charge is -2.20. The van der Waals surface area contributed by atoms with Crippen LogP contribution < -0.4 is 10.5 Å². The molecule has 1 heterocycles. The van der Waals surface area contributed by atoms with E-state index in [0.29, 0.717) is 19.0 Å². The molecule has 5 nitrogen and oxygen atoms in total. The topological polar surface area (TPSA) is 72.6 Å². The quantitative estimate of drug-likeness (QED) is 0.868. The van der Waals surface area contributed by atoms with Crippen molar-refractivity contribution < 1.29 is 17.5 Å². The Morgan fingerprint density at radius 2 is 2.05 bits per heavy atom. The van der Waals surface area contributed by atoms with Crippen molar-refractivity contribution >= 4 is 15.7 Å². The molecule has 0 amide bonds. The monoisotopic (exact) mass is 316 g/mol. The number of nitrogens with zero attached hydrogens (tertiary/aromatic N) is 1. The Morgan fingerprint density at radius 3 is 2.67 bits per heavy atom. The van der Waals surface area contributed by atoms with Gasteiger partial charge in [0.1, 0.15) is 0 Å². The molecule has 0 saturated carbocycles. The van der Waals surface area contributed by atoms with Gasteiger partial charge in [0.25, 0.3) is 0 Å². The van der Waals surface area contributed by atoms with Crippen LogP contribution in [0.5, 0.6) is 5.75 Å². The van der Waals surface area contributed by atoms with Crippen molar-refractivity contribution in [3.8, 4) is 5.75 Å². The molecule has 1 unspecified atom stereocenters. The molecule has 7 heteroatoms. The van der Waals surface area contributed by atoms with E-state index in [1.807, 2.05) is 0 Å². The standard InChI is InChI=1S/C14H21FN2O3S/c1-10-4-3-6-17(7-5-10)21(18,19)11-8-12(15)14(20-2)13(16)9-11/h8-10H,3-7,16H2,1-2H3. The Balaban J connectivity index is 2.35. The normalized spacial score (nSPS) is 21.0. The Kier molecular flexibility index (Phi) is 4.73. The highest BCUT2D eigenvalue weighted by molar-refractivity contribution is 7.89. The number of anilines is 1. The minimum atomic E-state index is -3.72. The zero-order valence-electron chi connectivity index (χ0n) is 12.3. The van der Waals surface area contributed by atoms with E-state index in [0.717, 1.165) is 25.3 Å². The highest BCUT2D eigenvalue weighted by Crippen LogP contribution is 2.31. The highest BCUT2D eigenvalue weighted by Gasteiger charge is 2.28. The van der Waals surface area contributed by atoms with Crippen LogP contribution >= 0.6 is 0 Å². The fourth-order valence-electron chi connectivity index (χ4n) is 2.58. The Bertz CT molecular complexity index is 596. The van der Waals surface area contributed by atoms with Gasteiger partial charge in [0.05, 0.1) is 17.7 Å². The fraction of sp³-hybridized carbons (Fsp3) is 0.571. The van der Waals surface area contributed by atoms with E-state index in [-0.39, 0.29) is 16.3 Å². The van der Waals surface area contributed by atoms with Gasteiger partial charge in [0.2, 0.25) is 10.0 Å². The van der Waals surface area contributed by atoms with Crippen molar-refractivity contribution in [1.29, 1.82) is 0 Å². The highest BCUT2D eigenvalue weighted by atomic mass is 32.2. The van der Waals surface area contributed by atoms with Crippen LogP contribution in [0.2, 0.25) is 0 Å². The number of hydrogen-bond acceptors (Lipinski definition) is 4. The number of methoxy groups -OCH3 is 1. The van der Waals surface area contributed by atoms with Gasteiger partial charge in [-0.15, -0.1) is 0 Å². The van der Waals surface area contributed by atoms with E-state index in [4.69, 9.17) is 10.5 Å². The third kappa shape index (κ3) is 3.29. The van der Waals surface area contributed by atoms with Gasteiger partial charge in [-0.05, 0) is 37.3 Å². The van der Waals surface area contributed by atoms with Gasteiger partial charge in [-0.1, -0.05) is 6.92 Å². The van der Waals surface area contributed by atoms with Crippen LogP contribution in [0.3, 0.4) is 0 Å². The van der Waals surface area contributed by atoms with Gasteiger partial charge in [-0.25, -0.2) is 12.8 Å². The summed E-state index contributed by atoms with van der Waals surface area (Å²) in [5.74, 6) is -0.388. The molecule has 1 aromatic carbocycles. The number of nitrogens with two attached hydrogens (primary N) is 1. The first-order valence-corrected chi connectivity index (χ1v) is 8.43. The molecular formula is C14H21FN2O3S. The Morgan fingerprint density at radius 1 is 1.33 bits per heavy atom. The van der Waals surface area contributed by atoms with E-state index in [1.165, 1.54) is 17.5 Å². The lowest BCUT2D eigenvalue weighted by molar-refractivity contribution is 0.387. The van der Waals surface area contributed by atoms with Gasteiger partial charge < -0.3 is 10.5 Å². The Labute approximate surface area is 124 Å². The molecule has 1 saturated heterocycles. The predicted molar refractivity (Wildman–Crippen MR) is 79.1 cm³/mol. The maximum atomic E-state index is 13.9. The third-order valence-corrected chi connectivity index (χ3v) is 5.74. The molecule has 1 aliphatic rings. The zero-order valence-corrected chi connectivity index (χ0v) is 13.1. The second-order valence-corrected chi connectivity index (χ2v) is 7.41. The molecule has 2 rings (SSSR count). The van der Waals surface area contributed by atoms with Crippen molar-refractivity contribution in [3.63, 3.8) is 0 Å². The molecule has 118 valence electrons. The minimum Gasteiger partial charge on any atom is -0.492 e. The summed E-state index contributed by atoms with van der Waals surface area (Å²) in [7, 11) is -2.43. The first-order chi connectivity index (χ1) is 9.86. The lowest BCUT2D eigenvalue weighted by atomic mass is 10.0. The lowest BCUT2D eigenvalue weighted by Crippen LogP contribution is -2.32. The van der Waals surface area contributed by atoms with Gasteiger partial charge >= 0.3 is 0 Å². The molecule has 1 atom stereocenters. The van der Waals surface area contributed by atoms with E-state index in [9.17, 15) is 12.8 Å². The first-order valence-electron chi connectivity index (χ1n) is 6.99. The summed E-state index contributed by atoms with van der Waals surface area (Å²) < 4.78 is 45.3. The maximum absolute atomic E-state index is 13.9. The smallest absolute Gasteiger partial charge is 0.243 e. The van der Waals surface area contributed by atoms with Crippen LogP contribution in [0.4, 0.5) is 10.1 Å². The van der Waals surface area contributed by atoms with E-state index >= 15 is 0 Å². The van der Waals surface area contributed by atoms with Crippen molar-refractivity contribution in [2.24, 2.45) is 5.92 Å². The predicted octanol–water partition coefficient (Wildman–Crippen LogP) is 2.23. The number of rotatable bonds is 3. The van der Waals surface area contributed by atoms with Crippen LogP contribution in [0.25, 0.3) is 0 Å². The van der Waals surface area contributed by atoms with E-state index in [1.54, 1.807) is 0 Å². The van der Waals surface area contributed by atoms with Crippen LogP contribution in [0.15, 0.2) is 17.0 Å². The van der Waals surface area contributed by atoms with Crippen LogP contribution in [-0.4, -0.2) is 32.9 Å². The summed E-state index contributed by atoms with van der Waals surface area (Å²) >= 11 is 0. The number of halogens is 1. The molecule has 21 heavy (non-hydrogen) atoms. The second kappa shape index (κ2) is 6.19. The number of nitrogen functional groups attached to an aromatic ring is 1. The van der Waals surface area contributed by atoms with E-state index < -0.39 is 15.8 Å². The molecular weight excluding hydrogens is 295 g/mol. The molecule has 1 aromatic rings. The van der Waals surface area contributed by atoms with Gasteiger partial charge in [0.15, 0.2) is 11.6 Å². The number of hydrogen-bond donors (Lipinski definition) is 1. The van der Waals surface area contributed by atoms with Crippen LogP contribution in [-0.2, 0) is 10.0 Å². The largest absolute Gasteiger partial charge is 0.492 e. The number of ether oxygens (including phenoxy) is 1. The second-order valence-electron chi connectivity index (χ2n) is 5.47. The molecule has 0 aliphatic carbocycles. The molecule has 0 bridgehead atoms. The summed E-state index contributed by atoms with van der Waals surface area (Å²) in [6.45, 7) is 3.03. The maximum Gasteiger partial charge on any atom is 0.243 e. The first kappa shape index (κ1) is 16.0. The van der Waals surface area contributed by atoms with Crippen molar-refractivity contribution in [1.82, 2.24) is 4.31 Å². The molecule has 0 aromatic heterocycles. The molecule has 1 fully saturated rings. The van der Waals surface area contributed by atoms with Crippen molar-refractivity contribution in [2.75, 3.05) is 25.9 Å². The Hall–Kier alpha value is -1.34. The fourth-order valence-corrected chi connectivity index (χ4v) is 4.12. The SMILES string of the molecule is COc1c(N)cc(S(=O)(=O)N2CCCC(C)CC2)cc1F. The summed E-state index contributed by atoms with van der Waals surface area (Å²) in [6, 6.07) is 2.23. The number of sulfonamides is 1. The molecule has 1 aliphatic heterocycles. The zero-order chi connectivity index (χ0) is 15.6. The van der Waals surface area contributed by atoms with Crippen LogP contribution in [0, 0.1) is 11.7 Å². The third-order valence-electron chi connectivity index (χ3n) is 3.86. The average molecular weight is 316 g/mol. The molecule has 0 radical (unpaired) electrons. The van der Waals surface area contributed by atoms with Crippen LogP contribution in [0.1, 0.15) is 26.2 Å². The average Bonchev–Trinajstić information content (AvgIpc) is 2.63.